The van der Waals surface area contributed by atoms with Crippen LogP contribution in [0.25, 0.3) is 0 Å². The van der Waals surface area contributed by atoms with Crippen molar-refractivity contribution in [1.82, 2.24) is 5.06 Å². The van der Waals surface area contributed by atoms with Gasteiger partial charge in [-0.1, -0.05) is 31.0 Å². The number of benzene rings is 1. The summed E-state index contributed by atoms with van der Waals surface area (Å²) in [5.74, 6) is -0.274. The number of esters is 1. The van der Waals surface area contributed by atoms with Gasteiger partial charge in [0.15, 0.2) is 0 Å². The molecule has 2 atom stereocenters. The summed E-state index contributed by atoms with van der Waals surface area (Å²) in [7, 11) is 0. The predicted molar refractivity (Wildman–Crippen MR) is 171 cm³/mol. The van der Waals surface area contributed by atoms with Crippen LogP contribution in [0.3, 0.4) is 0 Å². The molecule has 6 heteroatoms. The van der Waals surface area contributed by atoms with Crippen LogP contribution in [0.2, 0.25) is 13.3 Å². The van der Waals surface area contributed by atoms with Crippen molar-refractivity contribution < 1.29 is 19.5 Å². The van der Waals surface area contributed by atoms with Gasteiger partial charge in [0.05, 0.1) is 11.7 Å². The molecular weight excluding hydrogens is 605 g/mol. The van der Waals surface area contributed by atoms with E-state index >= 15 is 0 Å². The van der Waals surface area contributed by atoms with Crippen LogP contribution in [0, 0.1) is 0 Å². The fourth-order valence-corrected chi connectivity index (χ4v) is 17.5. The van der Waals surface area contributed by atoms with Gasteiger partial charge in [0, 0.05) is 23.9 Å². The minimum atomic E-state index is -0.967. The molecule has 1 aromatic carbocycles. The molecular formula is C34H61NO4Sn. The first kappa shape index (κ1) is 35.6. The predicted octanol–water partition coefficient (Wildman–Crippen LogP) is 8.71. The van der Waals surface area contributed by atoms with E-state index in [0.717, 1.165) is 25.7 Å². The van der Waals surface area contributed by atoms with E-state index in [2.05, 4.69) is 48.5 Å². The summed E-state index contributed by atoms with van der Waals surface area (Å²) in [6, 6.07) is 9.13. The SMILES string of the molecule is CC1(C)CC(OC(=O)c2ccccc2)CC(C)(C)N1OC1CCCCC1O.CCC[CH2][SnH]([CH2]CCC)[CH2]CCC. The molecule has 2 aliphatic rings. The van der Waals surface area contributed by atoms with Crippen LogP contribution in [0.15, 0.2) is 30.3 Å². The van der Waals surface area contributed by atoms with Gasteiger partial charge in [-0.2, -0.15) is 5.06 Å². The van der Waals surface area contributed by atoms with Gasteiger partial charge in [0.1, 0.15) is 12.2 Å². The van der Waals surface area contributed by atoms with Gasteiger partial charge in [0.2, 0.25) is 0 Å². The Labute approximate surface area is 253 Å². The summed E-state index contributed by atoms with van der Waals surface area (Å²) in [6.45, 7) is 15.5. The molecule has 0 spiro atoms. The number of hydroxylamine groups is 2. The van der Waals surface area contributed by atoms with E-state index < -0.39 is 25.9 Å². The van der Waals surface area contributed by atoms with Crippen LogP contribution in [0.4, 0.5) is 0 Å². The van der Waals surface area contributed by atoms with Crippen molar-refractivity contribution in [3.63, 3.8) is 0 Å². The Bertz CT molecular complexity index is 793. The molecule has 1 aliphatic carbocycles. The quantitative estimate of drug-likeness (QED) is 0.169. The zero-order chi connectivity index (χ0) is 29.6. The van der Waals surface area contributed by atoms with Crippen molar-refractivity contribution in [3.05, 3.63) is 35.9 Å². The van der Waals surface area contributed by atoms with E-state index in [-0.39, 0.29) is 29.3 Å². The van der Waals surface area contributed by atoms with Crippen LogP contribution in [-0.4, -0.2) is 65.3 Å². The van der Waals surface area contributed by atoms with Gasteiger partial charge in [-0.15, -0.1) is 0 Å². The fraction of sp³-hybridized carbons (Fsp3) is 0.794. The molecule has 0 amide bonds. The molecule has 1 aromatic rings. The number of ether oxygens (including phenoxy) is 1. The standard InChI is InChI=1S/C22H33NO4.3C4H9.Sn.H/c1-21(2)14-17(26-20(25)16-10-6-5-7-11-16)15-22(3,4)23(21)27-19-13-9-8-12-18(19)24;3*1-3-4-2;;/h5-7,10-11,17-19,24H,8-9,12-15H2,1-4H3;3*1,3-4H2,2H3;;. The third-order valence-electron chi connectivity index (χ3n) is 8.64. The van der Waals surface area contributed by atoms with Crippen molar-refractivity contribution >= 4 is 25.7 Å². The van der Waals surface area contributed by atoms with Crippen LogP contribution in [0.1, 0.15) is 136 Å². The van der Waals surface area contributed by atoms with Crippen LogP contribution < -0.4 is 0 Å². The Kier molecular flexibility index (Phi) is 16.1. The summed E-state index contributed by atoms with van der Waals surface area (Å²) in [5.41, 5.74) is -0.0294. The second-order valence-electron chi connectivity index (χ2n) is 13.5. The Balaban J connectivity index is 0.000000366. The average Bonchev–Trinajstić information content (AvgIpc) is 2.91. The summed E-state index contributed by atoms with van der Waals surface area (Å²) in [5, 5.41) is 12.4. The normalized spacial score (nSPS) is 22.9. The van der Waals surface area contributed by atoms with Gasteiger partial charge in [-0.25, -0.2) is 4.79 Å². The van der Waals surface area contributed by atoms with Crippen molar-refractivity contribution in [2.75, 3.05) is 0 Å². The number of hydrogen-bond donors (Lipinski definition) is 1. The number of rotatable bonds is 13. The van der Waals surface area contributed by atoms with Gasteiger partial charge < -0.3 is 9.84 Å². The minimum absolute atomic E-state index is 0.152. The zero-order valence-corrected chi connectivity index (χ0v) is 30.2. The Hall–Kier alpha value is -0.631. The molecule has 40 heavy (non-hydrogen) atoms. The molecule has 2 unspecified atom stereocenters. The summed E-state index contributed by atoms with van der Waals surface area (Å²) in [6.07, 6.45) is 13.4. The molecule has 1 N–H and O–H groups in total. The molecule has 1 saturated heterocycles. The van der Waals surface area contributed by atoms with Crippen LogP contribution in [0.5, 0.6) is 0 Å². The number of aliphatic hydroxyl groups excluding tert-OH is 1. The number of carbonyl (C=O) groups is 1. The van der Waals surface area contributed by atoms with Gasteiger partial charge in [0.25, 0.3) is 0 Å². The number of unbranched alkanes of at least 4 members (excludes halogenated alkanes) is 3. The summed E-state index contributed by atoms with van der Waals surface area (Å²) >= 11 is -0.967. The summed E-state index contributed by atoms with van der Waals surface area (Å²) < 4.78 is 10.9. The van der Waals surface area contributed by atoms with Crippen molar-refractivity contribution in [2.24, 2.45) is 0 Å². The Morgan fingerprint density at radius 2 is 1.38 bits per heavy atom. The van der Waals surface area contributed by atoms with Gasteiger partial charge in [-0.05, 0) is 52.7 Å². The van der Waals surface area contributed by atoms with E-state index in [1.807, 2.05) is 23.3 Å². The fourth-order valence-electron chi connectivity index (χ4n) is 6.58. The van der Waals surface area contributed by atoms with Crippen LogP contribution >= 0.6 is 0 Å². The van der Waals surface area contributed by atoms with E-state index in [9.17, 15) is 9.90 Å². The summed E-state index contributed by atoms with van der Waals surface area (Å²) in [4.78, 5) is 18.8. The third-order valence-corrected chi connectivity index (χ3v) is 19.1. The Morgan fingerprint density at radius 3 is 1.85 bits per heavy atom. The molecule has 0 radical (unpaired) electrons. The molecule has 0 aromatic heterocycles. The van der Waals surface area contributed by atoms with Crippen molar-refractivity contribution in [2.45, 2.75) is 168 Å². The maximum absolute atomic E-state index is 12.5. The van der Waals surface area contributed by atoms with Gasteiger partial charge in [-0.3, -0.25) is 4.84 Å². The average molecular weight is 667 g/mol. The van der Waals surface area contributed by atoms with E-state index in [4.69, 9.17) is 9.57 Å². The van der Waals surface area contributed by atoms with Crippen molar-refractivity contribution in [1.29, 1.82) is 0 Å². The molecule has 0 bridgehead atoms. The third kappa shape index (κ3) is 11.9. The first-order valence-corrected chi connectivity index (χ1v) is 23.4. The maximum atomic E-state index is 12.5. The zero-order valence-electron chi connectivity index (χ0n) is 26.9. The Morgan fingerprint density at radius 1 is 0.875 bits per heavy atom. The first-order valence-electron chi connectivity index (χ1n) is 16.4. The molecule has 1 saturated carbocycles. The number of piperidine rings is 1. The van der Waals surface area contributed by atoms with Gasteiger partial charge >= 0.3 is 98.3 Å². The van der Waals surface area contributed by atoms with E-state index in [1.165, 1.54) is 38.5 Å². The molecule has 2 fully saturated rings. The molecule has 230 valence electrons. The van der Waals surface area contributed by atoms with Crippen LogP contribution in [-0.2, 0) is 9.57 Å². The number of aliphatic hydroxyl groups is 1. The number of carbonyl (C=O) groups excluding carboxylic acids is 1. The first-order chi connectivity index (χ1) is 19.0. The number of nitrogens with zero attached hydrogens (tertiary/aromatic N) is 1. The topological polar surface area (TPSA) is 59.0 Å². The molecule has 1 heterocycles. The van der Waals surface area contributed by atoms with Crippen molar-refractivity contribution in [3.8, 4) is 0 Å². The van der Waals surface area contributed by atoms with E-state index in [1.54, 1.807) is 25.4 Å². The number of hydrogen-bond acceptors (Lipinski definition) is 5. The molecule has 3 rings (SSSR count). The monoisotopic (exact) mass is 667 g/mol. The molecule has 1 aliphatic heterocycles. The second kappa shape index (κ2) is 18.1. The van der Waals surface area contributed by atoms with E-state index in [0.29, 0.717) is 18.4 Å². The second-order valence-corrected chi connectivity index (χ2v) is 23.4. The molecule has 5 nitrogen and oxygen atoms in total.